The van der Waals surface area contributed by atoms with Crippen molar-refractivity contribution < 1.29 is 23.0 Å². The fourth-order valence-corrected chi connectivity index (χ4v) is 6.45. The van der Waals surface area contributed by atoms with Crippen molar-refractivity contribution in [1.29, 1.82) is 0 Å². The summed E-state index contributed by atoms with van der Waals surface area (Å²) in [4.78, 5) is 25.3. The first-order valence-corrected chi connectivity index (χ1v) is 18.0. The van der Waals surface area contributed by atoms with E-state index in [0.29, 0.717) is 59.6 Å². The average molecular weight is 741 g/mol. The van der Waals surface area contributed by atoms with Gasteiger partial charge in [-0.15, -0.1) is 0 Å². The summed E-state index contributed by atoms with van der Waals surface area (Å²) in [6.07, 6.45) is 3.85. The second-order valence-corrected chi connectivity index (χ2v) is 13.4. The molecule has 0 spiro atoms. The van der Waals surface area contributed by atoms with Gasteiger partial charge in [0.05, 0.1) is 35.9 Å². The van der Waals surface area contributed by atoms with Crippen LogP contribution in [0.1, 0.15) is 59.7 Å². The zero-order valence-electron chi connectivity index (χ0n) is 30.1. The second kappa shape index (κ2) is 17.2. The highest BCUT2D eigenvalue weighted by Gasteiger charge is 2.21. The van der Waals surface area contributed by atoms with E-state index in [1.807, 2.05) is 30.3 Å². The number of carbonyl (C=O) groups is 1. The van der Waals surface area contributed by atoms with Crippen molar-refractivity contribution in [3.63, 3.8) is 0 Å². The third-order valence-corrected chi connectivity index (χ3v) is 9.31. The van der Waals surface area contributed by atoms with Gasteiger partial charge in [-0.25, -0.2) is 18.7 Å². The number of carbonyl (C=O) groups excluding carboxylic acids is 1. The third kappa shape index (κ3) is 9.29. The molecule has 0 saturated carbocycles. The monoisotopic (exact) mass is 740 g/mol. The van der Waals surface area contributed by atoms with Gasteiger partial charge in [0.25, 0.3) is 5.91 Å². The first kappa shape index (κ1) is 37.7. The van der Waals surface area contributed by atoms with Crippen LogP contribution in [0, 0.1) is 5.82 Å². The molecule has 0 aliphatic carbocycles. The lowest BCUT2D eigenvalue weighted by molar-refractivity contribution is 0.0545. The molecule has 6 rings (SSSR count). The summed E-state index contributed by atoms with van der Waals surface area (Å²) in [7, 11) is 1.69. The van der Waals surface area contributed by atoms with E-state index in [2.05, 4.69) is 46.6 Å². The van der Waals surface area contributed by atoms with Gasteiger partial charge in [-0.05, 0) is 79.9 Å². The van der Waals surface area contributed by atoms with Crippen LogP contribution in [0.15, 0.2) is 85.5 Å². The van der Waals surface area contributed by atoms with E-state index in [1.165, 1.54) is 12.1 Å². The molecule has 1 aliphatic heterocycles. The van der Waals surface area contributed by atoms with E-state index in [4.69, 9.17) is 31.0 Å². The molecule has 0 radical (unpaired) electrons. The average Bonchev–Trinajstić information content (AvgIpc) is 3.48. The Morgan fingerprint density at radius 3 is 2.68 bits per heavy atom. The van der Waals surface area contributed by atoms with Gasteiger partial charge < -0.3 is 24.7 Å². The van der Waals surface area contributed by atoms with E-state index in [-0.39, 0.29) is 24.2 Å². The third-order valence-electron chi connectivity index (χ3n) is 9.08. The SMILES string of the molecule is C=C(F)c1cc(C(=O)Nc2ccc3c(c2)nc(CN2CC=C(c4cccc(OCc5ccc(Cl)cc5F)n4)CC2)n3CC(C)OCCC)ccc1NC. The van der Waals surface area contributed by atoms with Crippen LogP contribution < -0.4 is 15.4 Å². The summed E-state index contributed by atoms with van der Waals surface area (Å²) in [5, 5.41) is 6.19. The molecule has 2 aromatic heterocycles. The van der Waals surface area contributed by atoms with E-state index >= 15 is 0 Å². The number of nitrogens with zero attached hydrogens (tertiary/aromatic N) is 4. The Hall–Kier alpha value is -5.10. The van der Waals surface area contributed by atoms with Gasteiger partial charge in [0.15, 0.2) is 0 Å². The van der Waals surface area contributed by atoms with Gasteiger partial charge in [0, 0.05) is 65.9 Å². The molecule has 9 nitrogen and oxygen atoms in total. The number of amides is 1. The maximum atomic E-state index is 14.2. The molecule has 0 bridgehead atoms. The summed E-state index contributed by atoms with van der Waals surface area (Å²) >= 11 is 5.88. The molecule has 1 aliphatic rings. The molecule has 2 N–H and O–H groups in total. The molecule has 12 heteroatoms. The lowest BCUT2D eigenvalue weighted by atomic mass is 10.0. The molecule has 1 atom stereocenters. The summed E-state index contributed by atoms with van der Waals surface area (Å²) in [6.45, 7) is 11.0. The Morgan fingerprint density at radius 2 is 1.94 bits per heavy atom. The number of nitrogens with one attached hydrogen (secondary N) is 2. The first-order chi connectivity index (χ1) is 25.6. The number of pyridine rings is 1. The van der Waals surface area contributed by atoms with Crippen LogP contribution in [0.5, 0.6) is 5.88 Å². The molecule has 276 valence electrons. The topological polar surface area (TPSA) is 93.5 Å². The number of imidazole rings is 1. The Labute approximate surface area is 313 Å². The molecular weight excluding hydrogens is 698 g/mol. The van der Waals surface area contributed by atoms with Crippen LogP contribution in [-0.4, -0.2) is 58.2 Å². The van der Waals surface area contributed by atoms with E-state index in [0.717, 1.165) is 47.5 Å². The Kier molecular flexibility index (Phi) is 12.2. The van der Waals surface area contributed by atoms with Crippen LogP contribution in [0.25, 0.3) is 22.4 Å². The summed E-state index contributed by atoms with van der Waals surface area (Å²) in [6, 6.07) is 20.6. The number of fused-ring (bicyclic) bond motifs is 1. The predicted molar refractivity (Wildman–Crippen MR) is 207 cm³/mol. The Morgan fingerprint density at radius 1 is 1.09 bits per heavy atom. The summed E-state index contributed by atoms with van der Waals surface area (Å²) in [5.41, 5.74) is 5.70. The van der Waals surface area contributed by atoms with E-state index < -0.39 is 11.6 Å². The van der Waals surface area contributed by atoms with E-state index in [9.17, 15) is 13.6 Å². The van der Waals surface area contributed by atoms with Crippen LogP contribution >= 0.6 is 11.6 Å². The van der Waals surface area contributed by atoms with Crippen molar-refractivity contribution in [3.05, 3.63) is 124 Å². The molecule has 0 fully saturated rings. The predicted octanol–water partition coefficient (Wildman–Crippen LogP) is 9.14. The van der Waals surface area contributed by atoms with Gasteiger partial charge in [0.1, 0.15) is 24.1 Å². The fourth-order valence-electron chi connectivity index (χ4n) is 6.29. The molecule has 53 heavy (non-hydrogen) atoms. The molecule has 3 aromatic carbocycles. The summed E-state index contributed by atoms with van der Waals surface area (Å²) in [5.74, 6) is -0.0921. The van der Waals surface area contributed by atoms with Gasteiger partial charge in [-0.3, -0.25) is 9.69 Å². The van der Waals surface area contributed by atoms with E-state index in [1.54, 1.807) is 37.4 Å². The number of hydrogen-bond donors (Lipinski definition) is 2. The van der Waals surface area contributed by atoms with Crippen LogP contribution in [-0.2, 0) is 24.4 Å². The van der Waals surface area contributed by atoms with Crippen molar-refractivity contribution in [2.45, 2.75) is 52.5 Å². The molecule has 1 unspecified atom stereocenters. The summed E-state index contributed by atoms with van der Waals surface area (Å²) < 4.78 is 42.4. The zero-order valence-corrected chi connectivity index (χ0v) is 30.9. The minimum absolute atomic E-state index is 0.0323. The fraction of sp³-hybridized carbons (Fsp3) is 0.293. The number of aromatic nitrogens is 3. The minimum atomic E-state index is -0.624. The Bertz CT molecular complexity index is 2150. The number of hydrogen-bond acceptors (Lipinski definition) is 7. The van der Waals surface area contributed by atoms with Crippen molar-refractivity contribution in [3.8, 4) is 5.88 Å². The largest absolute Gasteiger partial charge is 0.473 e. The van der Waals surface area contributed by atoms with Crippen molar-refractivity contribution >= 4 is 51.3 Å². The number of anilines is 2. The maximum absolute atomic E-state index is 14.2. The molecule has 3 heterocycles. The van der Waals surface area contributed by atoms with Crippen molar-refractivity contribution in [2.24, 2.45) is 0 Å². The molecule has 5 aromatic rings. The van der Waals surface area contributed by atoms with Crippen molar-refractivity contribution in [2.75, 3.05) is 37.4 Å². The highest BCUT2D eigenvalue weighted by molar-refractivity contribution is 6.30. The van der Waals surface area contributed by atoms with Crippen LogP contribution in [0.2, 0.25) is 5.02 Å². The standard InChI is InChI=1S/C41H43ClF2N6O3/c1-5-19-52-26(2)23-50-38-14-12-32(46-41(51)29-10-13-36(45-4)33(20-29)27(3)43)22-37(38)47-39(50)24-49-17-15-28(16-18-49)35-7-6-8-40(48-35)53-25-30-9-11-31(42)21-34(30)44/h6-15,20-22,26,45H,3,5,16-19,23-25H2,1-2,4H3,(H,46,51). The number of halogens is 3. The number of ether oxygens (including phenoxy) is 2. The second-order valence-electron chi connectivity index (χ2n) is 13.0. The van der Waals surface area contributed by atoms with Gasteiger partial charge in [-0.2, -0.15) is 0 Å². The van der Waals surface area contributed by atoms with Crippen LogP contribution in [0.3, 0.4) is 0 Å². The molecule has 0 saturated heterocycles. The first-order valence-electron chi connectivity index (χ1n) is 17.7. The molecular formula is C41H43ClF2N6O3. The van der Waals surface area contributed by atoms with Gasteiger partial charge in [0.2, 0.25) is 5.88 Å². The van der Waals surface area contributed by atoms with Gasteiger partial charge in [-0.1, -0.05) is 43.3 Å². The van der Waals surface area contributed by atoms with Crippen LogP contribution in [0.4, 0.5) is 20.2 Å². The lowest BCUT2D eigenvalue weighted by Crippen LogP contribution is -2.30. The van der Waals surface area contributed by atoms with Gasteiger partial charge >= 0.3 is 0 Å². The normalized spacial score (nSPS) is 13.8. The maximum Gasteiger partial charge on any atom is 0.255 e. The highest BCUT2D eigenvalue weighted by atomic mass is 35.5. The molecule has 1 amide bonds. The Balaban J connectivity index is 1.17. The highest BCUT2D eigenvalue weighted by Crippen LogP contribution is 2.28. The lowest BCUT2D eigenvalue weighted by Gasteiger charge is -2.26. The zero-order chi connectivity index (χ0) is 37.5. The quantitative estimate of drug-likeness (QED) is 0.111. The number of rotatable bonds is 15. The smallest absolute Gasteiger partial charge is 0.255 e. The van der Waals surface area contributed by atoms with Crippen molar-refractivity contribution in [1.82, 2.24) is 19.4 Å². The minimum Gasteiger partial charge on any atom is -0.473 e. The number of benzene rings is 3.